The number of pyridine rings is 1. The molecular weight excluding hydrogens is 300 g/mol. The molecule has 0 unspecified atom stereocenters. The summed E-state index contributed by atoms with van der Waals surface area (Å²) >= 11 is 6.02. The van der Waals surface area contributed by atoms with E-state index in [9.17, 15) is 8.78 Å². The van der Waals surface area contributed by atoms with Crippen LogP contribution in [-0.2, 0) is 0 Å². The number of nitrogens with zero attached hydrogens (tertiary/aromatic N) is 2. The summed E-state index contributed by atoms with van der Waals surface area (Å²) in [4.78, 5) is 3.65. The van der Waals surface area contributed by atoms with Crippen LogP contribution in [0.25, 0.3) is 22.4 Å². The van der Waals surface area contributed by atoms with Crippen molar-refractivity contribution < 1.29 is 13.3 Å². The smallest absolute Gasteiger partial charge is 0.230 e. The highest BCUT2D eigenvalue weighted by Crippen LogP contribution is 2.41. The van der Waals surface area contributed by atoms with Gasteiger partial charge in [0.1, 0.15) is 11.5 Å². The lowest BCUT2D eigenvalue weighted by molar-refractivity contribution is 0.439. The molecule has 3 aromatic rings. The molecule has 4 nitrogen and oxygen atoms in total. The molecule has 1 aromatic carbocycles. The van der Waals surface area contributed by atoms with E-state index in [-0.39, 0.29) is 33.3 Å². The van der Waals surface area contributed by atoms with Gasteiger partial charge in [-0.05, 0) is 18.2 Å². The van der Waals surface area contributed by atoms with Gasteiger partial charge in [-0.25, -0.2) is 8.78 Å². The van der Waals surface area contributed by atoms with E-state index < -0.39 is 11.6 Å². The molecule has 2 N–H and O–H groups in total. The van der Waals surface area contributed by atoms with Gasteiger partial charge in [0, 0.05) is 17.3 Å². The second-order valence-electron chi connectivity index (χ2n) is 4.22. The van der Waals surface area contributed by atoms with Crippen molar-refractivity contribution in [3.05, 3.63) is 53.3 Å². The molecule has 0 radical (unpaired) electrons. The van der Waals surface area contributed by atoms with E-state index >= 15 is 0 Å². The number of aromatic nitrogens is 2. The summed E-state index contributed by atoms with van der Waals surface area (Å²) in [7, 11) is 0. The molecule has 106 valence electrons. The molecule has 0 saturated heterocycles. The van der Waals surface area contributed by atoms with Gasteiger partial charge >= 0.3 is 0 Å². The molecule has 3 rings (SSSR count). The van der Waals surface area contributed by atoms with Crippen molar-refractivity contribution in [3.8, 4) is 22.4 Å². The van der Waals surface area contributed by atoms with Crippen LogP contribution in [-0.4, -0.2) is 10.1 Å². The average molecular weight is 308 g/mol. The standard InChI is InChI=1S/C14H8ClF2N3O/c15-8-2-1-3-9(16)11(8)12-13(20-21-14(12)18)7-4-5-19-6-10(7)17/h1-6H,18H2. The van der Waals surface area contributed by atoms with Crippen molar-refractivity contribution in [1.82, 2.24) is 10.1 Å². The number of anilines is 1. The van der Waals surface area contributed by atoms with Gasteiger partial charge in [0.25, 0.3) is 0 Å². The second kappa shape index (κ2) is 5.14. The molecule has 0 amide bonds. The van der Waals surface area contributed by atoms with Crippen molar-refractivity contribution in [2.75, 3.05) is 5.73 Å². The molecule has 0 atom stereocenters. The first-order chi connectivity index (χ1) is 10.1. The van der Waals surface area contributed by atoms with Crippen molar-refractivity contribution in [1.29, 1.82) is 0 Å². The maximum Gasteiger partial charge on any atom is 0.230 e. The molecule has 0 aliphatic rings. The number of benzene rings is 1. The van der Waals surface area contributed by atoms with Crippen LogP contribution in [0, 0.1) is 11.6 Å². The second-order valence-corrected chi connectivity index (χ2v) is 4.63. The Labute approximate surface area is 123 Å². The van der Waals surface area contributed by atoms with Crippen molar-refractivity contribution in [2.24, 2.45) is 0 Å². The summed E-state index contributed by atoms with van der Waals surface area (Å²) in [5, 5.41) is 3.84. The minimum atomic E-state index is -0.625. The van der Waals surface area contributed by atoms with Crippen LogP contribution in [0.5, 0.6) is 0 Å². The largest absolute Gasteiger partial charge is 0.367 e. The molecule has 0 aliphatic carbocycles. The Morgan fingerprint density at radius 1 is 1.10 bits per heavy atom. The quantitative estimate of drug-likeness (QED) is 0.779. The van der Waals surface area contributed by atoms with Gasteiger partial charge in [-0.3, -0.25) is 4.98 Å². The van der Waals surface area contributed by atoms with Crippen LogP contribution >= 0.6 is 11.6 Å². The Morgan fingerprint density at radius 2 is 1.90 bits per heavy atom. The third-order valence-electron chi connectivity index (χ3n) is 2.96. The molecule has 2 heterocycles. The zero-order valence-corrected chi connectivity index (χ0v) is 11.2. The van der Waals surface area contributed by atoms with Gasteiger partial charge in [-0.15, -0.1) is 0 Å². The van der Waals surface area contributed by atoms with E-state index in [1.807, 2.05) is 0 Å². The first-order valence-electron chi connectivity index (χ1n) is 5.89. The Balaban J connectivity index is 2.31. The Morgan fingerprint density at radius 3 is 2.62 bits per heavy atom. The molecule has 7 heteroatoms. The van der Waals surface area contributed by atoms with Crippen molar-refractivity contribution in [3.63, 3.8) is 0 Å². The fourth-order valence-electron chi connectivity index (χ4n) is 2.03. The summed E-state index contributed by atoms with van der Waals surface area (Å²) in [6.45, 7) is 0. The van der Waals surface area contributed by atoms with Crippen molar-refractivity contribution >= 4 is 17.5 Å². The van der Waals surface area contributed by atoms with Crippen LogP contribution in [0.3, 0.4) is 0 Å². The van der Waals surface area contributed by atoms with Crippen LogP contribution in [0.2, 0.25) is 5.02 Å². The minimum Gasteiger partial charge on any atom is -0.367 e. The molecular formula is C14H8ClF2N3O. The van der Waals surface area contributed by atoms with Gasteiger partial charge in [0.05, 0.1) is 16.8 Å². The third kappa shape index (κ3) is 2.23. The number of rotatable bonds is 2. The molecule has 0 saturated carbocycles. The van der Waals surface area contributed by atoms with E-state index in [1.165, 1.54) is 30.5 Å². The summed E-state index contributed by atoms with van der Waals surface area (Å²) < 4.78 is 32.8. The Kier molecular flexibility index (Phi) is 3.31. The lowest BCUT2D eigenvalue weighted by Crippen LogP contribution is -1.93. The molecule has 21 heavy (non-hydrogen) atoms. The monoisotopic (exact) mass is 307 g/mol. The fourth-order valence-corrected chi connectivity index (χ4v) is 2.29. The van der Waals surface area contributed by atoms with E-state index in [0.29, 0.717) is 0 Å². The normalized spacial score (nSPS) is 10.8. The van der Waals surface area contributed by atoms with E-state index in [4.69, 9.17) is 21.9 Å². The zero-order chi connectivity index (χ0) is 15.0. The van der Waals surface area contributed by atoms with Crippen LogP contribution in [0.4, 0.5) is 14.7 Å². The summed E-state index contributed by atoms with van der Waals surface area (Å²) in [6, 6.07) is 5.57. The summed E-state index contributed by atoms with van der Waals surface area (Å²) in [5.41, 5.74) is 6.00. The number of nitrogen functional groups attached to an aromatic ring is 1. The first-order valence-corrected chi connectivity index (χ1v) is 6.26. The third-order valence-corrected chi connectivity index (χ3v) is 3.27. The Bertz CT molecular complexity index is 799. The molecule has 0 bridgehead atoms. The maximum absolute atomic E-state index is 14.1. The van der Waals surface area contributed by atoms with Gasteiger partial charge in [-0.2, -0.15) is 0 Å². The van der Waals surface area contributed by atoms with Crippen LogP contribution < -0.4 is 5.73 Å². The molecule has 0 aliphatic heterocycles. The van der Waals surface area contributed by atoms with Gasteiger partial charge in [0.2, 0.25) is 5.88 Å². The number of hydrogen-bond acceptors (Lipinski definition) is 4. The predicted octanol–water partition coefficient (Wildman–Crippen LogP) is 3.92. The average Bonchev–Trinajstić information content (AvgIpc) is 2.81. The number of hydrogen-bond donors (Lipinski definition) is 1. The molecule has 0 spiro atoms. The van der Waals surface area contributed by atoms with Crippen LogP contribution in [0.1, 0.15) is 0 Å². The lowest BCUT2D eigenvalue weighted by Gasteiger charge is -2.06. The van der Waals surface area contributed by atoms with Gasteiger partial charge in [0.15, 0.2) is 5.82 Å². The highest BCUT2D eigenvalue weighted by molar-refractivity contribution is 6.33. The summed E-state index contributed by atoms with van der Waals surface area (Å²) in [6.07, 6.45) is 2.41. The van der Waals surface area contributed by atoms with E-state index in [0.717, 1.165) is 6.20 Å². The highest BCUT2D eigenvalue weighted by atomic mass is 35.5. The predicted molar refractivity (Wildman–Crippen MR) is 74.5 cm³/mol. The van der Waals surface area contributed by atoms with E-state index in [1.54, 1.807) is 0 Å². The van der Waals surface area contributed by atoms with Crippen LogP contribution in [0.15, 0.2) is 41.2 Å². The highest BCUT2D eigenvalue weighted by Gasteiger charge is 2.24. The number of nitrogens with two attached hydrogens (primary N) is 1. The van der Waals surface area contributed by atoms with Gasteiger partial charge < -0.3 is 10.3 Å². The van der Waals surface area contributed by atoms with Crippen molar-refractivity contribution in [2.45, 2.75) is 0 Å². The maximum atomic E-state index is 14.1. The molecule has 2 aromatic heterocycles. The molecule has 0 fully saturated rings. The number of halogens is 3. The fraction of sp³-hybridized carbons (Fsp3) is 0. The van der Waals surface area contributed by atoms with Gasteiger partial charge in [-0.1, -0.05) is 22.8 Å². The zero-order valence-electron chi connectivity index (χ0n) is 10.5. The summed E-state index contributed by atoms with van der Waals surface area (Å²) in [5.74, 6) is -1.37. The topological polar surface area (TPSA) is 64.9 Å². The minimum absolute atomic E-state index is 0.0177. The Hall–Kier alpha value is -2.47. The van der Waals surface area contributed by atoms with E-state index in [2.05, 4.69) is 10.1 Å². The lowest BCUT2D eigenvalue weighted by atomic mass is 10.0. The first kappa shape index (κ1) is 13.5. The SMILES string of the molecule is Nc1onc(-c2ccncc2F)c1-c1c(F)cccc1Cl.